The summed E-state index contributed by atoms with van der Waals surface area (Å²) in [6.07, 6.45) is 0.751. The lowest BCUT2D eigenvalue weighted by atomic mass is 9.86. The Morgan fingerprint density at radius 2 is 1.62 bits per heavy atom. The van der Waals surface area contributed by atoms with Gasteiger partial charge in [0.2, 0.25) is 0 Å². The lowest BCUT2D eigenvalue weighted by molar-refractivity contribution is 0.0602. The molecule has 2 heteroatoms. The molecule has 0 aromatic heterocycles. The second kappa shape index (κ2) is 5.34. The molecule has 3 aromatic rings. The third kappa shape index (κ3) is 1.93. The van der Waals surface area contributed by atoms with Crippen LogP contribution < -0.4 is 0 Å². The van der Waals surface area contributed by atoms with Gasteiger partial charge in [-0.2, -0.15) is 0 Å². The van der Waals surface area contributed by atoms with Crippen molar-refractivity contribution in [1.29, 1.82) is 0 Å². The van der Waals surface area contributed by atoms with E-state index in [1.807, 2.05) is 37.3 Å². The van der Waals surface area contributed by atoms with Crippen molar-refractivity contribution in [3.8, 4) is 11.1 Å². The summed E-state index contributed by atoms with van der Waals surface area (Å²) >= 11 is 0. The van der Waals surface area contributed by atoms with E-state index in [0.29, 0.717) is 5.56 Å². The Hall–Kier alpha value is -2.87. The van der Waals surface area contributed by atoms with Crippen LogP contribution in [0.4, 0.5) is 0 Å². The highest BCUT2D eigenvalue weighted by Crippen LogP contribution is 2.46. The molecule has 0 saturated heterocycles. The fourth-order valence-corrected chi connectivity index (χ4v) is 3.85. The average molecular weight is 314 g/mol. The van der Waals surface area contributed by atoms with Gasteiger partial charge in [-0.05, 0) is 57.5 Å². The normalized spacial score (nSPS) is 11.9. The van der Waals surface area contributed by atoms with Gasteiger partial charge >= 0.3 is 5.97 Å². The van der Waals surface area contributed by atoms with Gasteiger partial charge in [-0.3, -0.25) is 0 Å². The minimum atomic E-state index is -0.275. The van der Waals surface area contributed by atoms with E-state index in [1.165, 1.54) is 18.2 Å². The molecule has 0 bridgehead atoms. The summed E-state index contributed by atoms with van der Waals surface area (Å²) in [5.74, 6) is -0.275. The highest BCUT2D eigenvalue weighted by Gasteiger charge is 2.30. The van der Waals surface area contributed by atoms with Gasteiger partial charge in [-0.25, -0.2) is 4.79 Å². The van der Waals surface area contributed by atoms with Crippen LogP contribution in [-0.4, -0.2) is 13.1 Å². The maximum absolute atomic E-state index is 12.6. The van der Waals surface area contributed by atoms with Gasteiger partial charge in [0.05, 0.1) is 12.7 Å². The van der Waals surface area contributed by atoms with Crippen molar-refractivity contribution in [3.63, 3.8) is 0 Å². The van der Waals surface area contributed by atoms with Gasteiger partial charge in [0.25, 0.3) is 0 Å². The lowest BCUT2D eigenvalue weighted by Gasteiger charge is -2.17. The Balaban J connectivity index is 2.23. The number of ether oxygens (including phenoxy) is 1. The molecule has 24 heavy (non-hydrogen) atoms. The van der Waals surface area contributed by atoms with Crippen LogP contribution in [0.2, 0.25) is 0 Å². The molecule has 0 saturated carbocycles. The molecule has 0 fully saturated rings. The Labute approximate surface area is 141 Å². The lowest BCUT2D eigenvalue weighted by Crippen LogP contribution is -2.08. The first kappa shape index (κ1) is 14.7. The second-order valence-corrected chi connectivity index (χ2v) is 6.25. The number of fused-ring (bicyclic) bond motifs is 4. The third-order valence-corrected chi connectivity index (χ3v) is 4.79. The number of methoxy groups -OCH3 is 1. The average Bonchev–Trinajstić information content (AvgIpc) is 2.97. The van der Waals surface area contributed by atoms with Crippen LogP contribution in [0.3, 0.4) is 0 Å². The summed E-state index contributed by atoms with van der Waals surface area (Å²) < 4.78 is 5.11. The molecule has 1 aliphatic rings. The maximum atomic E-state index is 12.6. The SMILES string of the molecule is C=C(C)c1c2c(c(C(=O)OC)c3ccccc13)Cc1ccccc1-2. The maximum Gasteiger partial charge on any atom is 0.338 e. The van der Waals surface area contributed by atoms with E-state index in [0.717, 1.165) is 39.5 Å². The van der Waals surface area contributed by atoms with Crippen molar-refractivity contribution in [2.45, 2.75) is 13.3 Å². The standard InChI is InChI=1S/C22H18O2/c1-13(2)19-16-10-6-7-11-17(16)21(22(23)24-3)18-12-14-8-4-5-9-15(14)20(18)19/h4-11H,1,12H2,2-3H3. The first-order chi connectivity index (χ1) is 11.6. The van der Waals surface area contributed by atoms with Crippen LogP contribution in [0.15, 0.2) is 55.1 Å². The van der Waals surface area contributed by atoms with E-state index in [4.69, 9.17) is 4.74 Å². The van der Waals surface area contributed by atoms with Crippen LogP contribution >= 0.6 is 0 Å². The Morgan fingerprint density at radius 1 is 1.00 bits per heavy atom. The second-order valence-electron chi connectivity index (χ2n) is 6.25. The van der Waals surface area contributed by atoms with Gasteiger partial charge < -0.3 is 4.74 Å². The van der Waals surface area contributed by atoms with Crippen molar-refractivity contribution >= 4 is 22.3 Å². The number of hydrogen-bond donors (Lipinski definition) is 0. The van der Waals surface area contributed by atoms with Crippen molar-refractivity contribution in [2.24, 2.45) is 0 Å². The van der Waals surface area contributed by atoms with Crippen molar-refractivity contribution in [2.75, 3.05) is 7.11 Å². The fourth-order valence-electron chi connectivity index (χ4n) is 3.85. The predicted octanol–water partition coefficient (Wildman–Crippen LogP) is 5.23. The number of carbonyl (C=O) groups excluding carboxylic acids is 1. The van der Waals surface area contributed by atoms with Crippen LogP contribution in [0.5, 0.6) is 0 Å². The van der Waals surface area contributed by atoms with E-state index < -0.39 is 0 Å². The van der Waals surface area contributed by atoms with Crippen LogP contribution in [0.1, 0.15) is 34.0 Å². The van der Waals surface area contributed by atoms with E-state index >= 15 is 0 Å². The number of allylic oxidation sites excluding steroid dienone is 1. The number of benzene rings is 3. The molecule has 0 amide bonds. The molecule has 2 nitrogen and oxygen atoms in total. The molecular formula is C22H18O2. The fraction of sp³-hybridized carbons (Fsp3) is 0.136. The van der Waals surface area contributed by atoms with E-state index in [2.05, 4.69) is 24.8 Å². The quantitative estimate of drug-likeness (QED) is 0.473. The smallest absolute Gasteiger partial charge is 0.338 e. The number of hydrogen-bond acceptors (Lipinski definition) is 2. The van der Waals surface area contributed by atoms with E-state index in [-0.39, 0.29) is 5.97 Å². The summed E-state index contributed by atoms with van der Waals surface area (Å²) in [5, 5.41) is 2.00. The van der Waals surface area contributed by atoms with E-state index in [9.17, 15) is 4.79 Å². The number of esters is 1. The summed E-state index contributed by atoms with van der Waals surface area (Å²) in [5.41, 5.74) is 7.46. The molecule has 118 valence electrons. The summed E-state index contributed by atoms with van der Waals surface area (Å²) in [6.45, 7) is 6.23. The van der Waals surface area contributed by atoms with Gasteiger partial charge in [0.1, 0.15) is 0 Å². The van der Waals surface area contributed by atoms with Crippen LogP contribution in [0, 0.1) is 0 Å². The molecule has 1 aliphatic carbocycles. The molecule has 4 rings (SSSR count). The molecule has 3 aromatic carbocycles. The van der Waals surface area contributed by atoms with Crippen molar-refractivity contribution < 1.29 is 9.53 Å². The van der Waals surface area contributed by atoms with E-state index in [1.54, 1.807) is 0 Å². The zero-order valence-electron chi connectivity index (χ0n) is 13.8. The molecule has 0 N–H and O–H groups in total. The number of carbonyl (C=O) groups is 1. The largest absolute Gasteiger partial charge is 0.465 e. The van der Waals surface area contributed by atoms with Crippen LogP contribution in [0.25, 0.3) is 27.5 Å². The first-order valence-corrected chi connectivity index (χ1v) is 8.03. The summed E-state index contributed by atoms with van der Waals surface area (Å²) in [6, 6.07) is 16.4. The van der Waals surface area contributed by atoms with Gasteiger partial charge in [0, 0.05) is 0 Å². The zero-order valence-corrected chi connectivity index (χ0v) is 13.8. The molecule has 0 atom stereocenters. The highest BCUT2D eigenvalue weighted by molar-refractivity contribution is 6.14. The topological polar surface area (TPSA) is 26.3 Å². The summed E-state index contributed by atoms with van der Waals surface area (Å²) in [7, 11) is 1.44. The minimum Gasteiger partial charge on any atom is -0.465 e. The van der Waals surface area contributed by atoms with Crippen molar-refractivity contribution in [3.05, 3.63) is 77.4 Å². The monoisotopic (exact) mass is 314 g/mol. The van der Waals surface area contributed by atoms with Crippen LogP contribution in [-0.2, 0) is 11.2 Å². The minimum absolute atomic E-state index is 0.275. The molecular weight excluding hydrogens is 296 g/mol. The Kier molecular flexibility index (Phi) is 3.27. The molecule has 0 aliphatic heterocycles. The van der Waals surface area contributed by atoms with Gasteiger partial charge in [-0.15, -0.1) is 0 Å². The molecule has 0 unspecified atom stereocenters. The Bertz CT molecular complexity index is 1010. The van der Waals surface area contributed by atoms with Gasteiger partial charge in [-0.1, -0.05) is 55.1 Å². The molecule has 0 spiro atoms. The number of rotatable bonds is 2. The molecule has 0 radical (unpaired) electrons. The van der Waals surface area contributed by atoms with Gasteiger partial charge in [0.15, 0.2) is 0 Å². The predicted molar refractivity (Wildman–Crippen MR) is 98.2 cm³/mol. The zero-order chi connectivity index (χ0) is 16.8. The Morgan fingerprint density at radius 3 is 2.29 bits per heavy atom. The molecule has 0 heterocycles. The highest BCUT2D eigenvalue weighted by atomic mass is 16.5. The van der Waals surface area contributed by atoms with Crippen molar-refractivity contribution in [1.82, 2.24) is 0 Å². The summed E-state index contributed by atoms with van der Waals surface area (Å²) in [4.78, 5) is 12.6. The first-order valence-electron chi connectivity index (χ1n) is 8.03. The third-order valence-electron chi connectivity index (χ3n) is 4.79.